The van der Waals surface area contributed by atoms with Crippen molar-refractivity contribution in [3.8, 4) is 5.75 Å². The predicted molar refractivity (Wildman–Crippen MR) is 83.4 cm³/mol. The van der Waals surface area contributed by atoms with Crippen molar-refractivity contribution in [2.45, 2.75) is 0 Å². The van der Waals surface area contributed by atoms with E-state index < -0.39 is 30.0 Å². The first-order valence-corrected chi connectivity index (χ1v) is 6.99. The number of nitrogens with two attached hydrogens (primary N) is 1. The second kappa shape index (κ2) is 7.27. The highest BCUT2D eigenvalue weighted by atomic mass is 35.5. The van der Waals surface area contributed by atoms with Gasteiger partial charge in [0.05, 0.1) is 17.8 Å². The zero-order chi connectivity index (χ0) is 17.9. The average Bonchev–Trinajstić information content (AvgIpc) is 2.56. The van der Waals surface area contributed by atoms with Crippen molar-refractivity contribution in [1.29, 1.82) is 0 Å². The lowest BCUT2D eigenvalue weighted by Crippen LogP contribution is -2.15. The molecular formula is C16H12ClF2NO4. The van der Waals surface area contributed by atoms with E-state index in [-0.39, 0.29) is 27.6 Å². The van der Waals surface area contributed by atoms with Crippen molar-refractivity contribution >= 4 is 29.0 Å². The summed E-state index contributed by atoms with van der Waals surface area (Å²) in [6, 6.07) is 5.23. The van der Waals surface area contributed by atoms with Gasteiger partial charge in [-0.1, -0.05) is 11.6 Å². The van der Waals surface area contributed by atoms with Gasteiger partial charge in [0.1, 0.15) is 11.3 Å². The summed E-state index contributed by atoms with van der Waals surface area (Å²) in [5.74, 6) is -3.68. The molecular weight excluding hydrogens is 344 g/mol. The fraction of sp³-hybridized carbons (Fsp3) is 0.125. The van der Waals surface area contributed by atoms with Crippen molar-refractivity contribution in [3.63, 3.8) is 0 Å². The molecule has 8 heteroatoms. The van der Waals surface area contributed by atoms with Gasteiger partial charge in [-0.15, -0.1) is 0 Å². The standard InChI is InChI=1S/C16H12ClF2NO4/c1-23-15-6-13(20)10(17)5-9(15)16(22)24-7-14(21)8-2-3-11(18)12(19)4-8/h2-6H,7,20H2,1H3. The van der Waals surface area contributed by atoms with Gasteiger partial charge < -0.3 is 15.2 Å². The maximum Gasteiger partial charge on any atom is 0.342 e. The Morgan fingerprint density at radius 2 is 1.88 bits per heavy atom. The monoisotopic (exact) mass is 355 g/mol. The zero-order valence-corrected chi connectivity index (χ0v) is 13.2. The van der Waals surface area contributed by atoms with Gasteiger partial charge in [-0.2, -0.15) is 0 Å². The minimum atomic E-state index is -1.17. The van der Waals surface area contributed by atoms with Crippen LogP contribution in [-0.2, 0) is 4.74 Å². The Bertz CT molecular complexity index is 811. The van der Waals surface area contributed by atoms with Crippen LogP contribution in [0.4, 0.5) is 14.5 Å². The van der Waals surface area contributed by atoms with E-state index in [1.165, 1.54) is 19.2 Å². The number of hydrogen-bond acceptors (Lipinski definition) is 5. The van der Waals surface area contributed by atoms with Gasteiger partial charge in [0.25, 0.3) is 0 Å². The number of carbonyl (C=O) groups excluding carboxylic acids is 2. The Hall–Kier alpha value is -2.67. The third-order valence-corrected chi connectivity index (χ3v) is 3.44. The highest BCUT2D eigenvalue weighted by molar-refractivity contribution is 6.33. The number of benzene rings is 2. The molecule has 0 aromatic heterocycles. The smallest absolute Gasteiger partial charge is 0.342 e. The highest BCUT2D eigenvalue weighted by Gasteiger charge is 2.18. The van der Waals surface area contributed by atoms with Gasteiger partial charge in [-0.05, 0) is 24.3 Å². The molecule has 2 aromatic carbocycles. The molecule has 0 amide bonds. The Balaban J connectivity index is 2.11. The largest absolute Gasteiger partial charge is 0.496 e. The summed E-state index contributed by atoms with van der Waals surface area (Å²) in [5.41, 5.74) is 5.68. The minimum Gasteiger partial charge on any atom is -0.496 e. The van der Waals surface area contributed by atoms with Crippen LogP contribution < -0.4 is 10.5 Å². The van der Waals surface area contributed by atoms with Crippen molar-refractivity contribution in [2.75, 3.05) is 19.5 Å². The molecule has 0 aliphatic heterocycles. The number of halogens is 3. The summed E-state index contributed by atoms with van der Waals surface area (Å²) in [6.07, 6.45) is 0. The van der Waals surface area contributed by atoms with Crippen LogP contribution in [0, 0.1) is 11.6 Å². The number of esters is 1. The lowest BCUT2D eigenvalue weighted by atomic mass is 10.1. The van der Waals surface area contributed by atoms with Gasteiger partial charge in [0, 0.05) is 11.6 Å². The minimum absolute atomic E-state index is 0.0187. The van der Waals surface area contributed by atoms with E-state index >= 15 is 0 Å². The Labute approximate surface area is 140 Å². The van der Waals surface area contributed by atoms with Crippen LogP contribution >= 0.6 is 11.6 Å². The molecule has 0 heterocycles. The molecule has 2 N–H and O–H groups in total. The van der Waals surface area contributed by atoms with Crippen molar-refractivity contribution in [3.05, 3.63) is 58.1 Å². The molecule has 0 bridgehead atoms. The van der Waals surface area contributed by atoms with Gasteiger partial charge in [0.15, 0.2) is 24.0 Å². The van der Waals surface area contributed by atoms with E-state index in [4.69, 9.17) is 26.8 Å². The lowest BCUT2D eigenvalue weighted by molar-refractivity contribution is 0.0471. The number of anilines is 1. The number of ketones is 1. The first-order valence-electron chi connectivity index (χ1n) is 6.62. The second-order valence-corrected chi connectivity index (χ2v) is 5.11. The molecule has 0 radical (unpaired) electrons. The molecule has 5 nitrogen and oxygen atoms in total. The molecule has 0 aliphatic carbocycles. The quantitative estimate of drug-likeness (QED) is 0.506. The lowest BCUT2D eigenvalue weighted by Gasteiger charge is -2.10. The summed E-state index contributed by atoms with van der Waals surface area (Å²) >= 11 is 5.85. The molecule has 0 saturated heterocycles. The number of ether oxygens (including phenoxy) is 2. The first kappa shape index (κ1) is 17.7. The molecule has 2 aromatic rings. The fourth-order valence-electron chi connectivity index (χ4n) is 1.86. The predicted octanol–water partition coefficient (Wildman–Crippen LogP) is 3.25. The Morgan fingerprint density at radius 1 is 1.17 bits per heavy atom. The SMILES string of the molecule is COc1cc(N)c(Cl)cc1C(=O)OCC(=O)c1ccc(F)c(F)c1. The van der Waals surface area contributed by atoms with Crippen LogP contribution in [0.2, 0.25) is 5.02 Å². The van der Waals surface area contributed by atoms with Gasteiger partial charge in [-0.25, -0.2) is 13.6 Å². The second-order valence-electron chi connectivity index (χ2n) is 4.70. The maximum absolute atomic E-state index is 13.1. The summed E-state index contributed by atoms with van der Waals surface area (Å²) in [4.78, 5) is 23.9. The summed E-state index contributed by atoms with van der Waals surface area (Å²) in [5, 5.41) is 0.120. The van der Waals surface area contributed by atoms with Crippen molar-refractivity contribution < 1.29 is 27.8 Å². The van der Waals surface area contributed by atoms with Crippen LogP contribution in [0.15, 0.2) is 30.3 Å². The number of hydrogen-bond donors (Lipinski definition) is 1. The number of Topliss-reactive ketones (excluding diaryl/α,β-unsaturated/α-hetero) is 1. The highest BCUT2D eigenvalue weighted by Crippen LogP contribution is 2.29. The van der Waals surface area contributed by atoms with E-state index in [9.17, 15) is 18.4 Å². The number of nitrogen functional groups attached to an aromatic ring is 1. The van der Waals surface area contributed by atoms with E-state index in [1.807, 2.05) is 0 Å². The van der Waals surface area contributed by atoms with Crippen LogP contribution in [0.1, 0.15) is 20.7 Å². The Kier molecular flexibility index (Phi) is 5.35. The average molecular weight is 356 g/mol. The van der Waals surface area contributed by atoms with E-state index in [0.717, 1.165) is 18.2 Å². The van der Waals surface area contributed by atoms with E-state index in [2.05, 4.69) is 0 Å². The number of rotatable bonds is 5. The molecule has 0 unspecified atom stereocenters. The summed E-state index contributed by atoms with van der Waals surface area (Å²) in [6.45, 7) is -0.658. The molecule has 2 rings (SSSR count). The summed E-state index contributed by atoms with van der Waals surface area (Å²) in [7, 11) is 1.33. The Morgan fingerprint density at radius 3 is 2.50 bits per heavy atom. The molecule has 0 saturated carbocycles. The molecule has 0 atom stereocenters. The molecule has 126 valence electrons. The topological polar surface area (TPSA) is 78.6 Å². The number of methoxy groups -OCH3 is 1. The van der Waals surface area contributed by atoms with Crippen LogP contribution in [0.3, 0.4) is 0 Å². The van der Waals surface area contributed by atoms with Crippen molar-refractivity contribution in [1.82, 2.24) is 0 Å². The van der Waals surface area contributed by atoms with Crippen LogP contribution in [-0.4, -0.2) is 25.5 Å². The van der Waals surface area contributed by atoms with E-state index in [0.29, 0.717) is 0 Å². The third-order valence-electron chi connectivity index (χ3n) is 3.11. The molecule has 0 spiro atoms. The fourth-order valence-corrected chi connectivity index (χ4v) is 2.02. The number of carbonyl (C=O) groups is 2. The van der Waals surface area contributed by atoms with Crippen molar-refractivity contribution in [2.24, 2.45) is 0 Å². The maximum atomic E-state index is 13.1. The molecule has 24 heavy (non-hydrogen) atoms. The van der Waals surface area contributed by atoms with Crippen LogP contribution in [0.5, 0.6) is 5.75 Å². The first-order chi connectivity index (χ1) is 11.3. The van der Waals surface area contributed by atoms with E-state index in [1.54, 1.807) is 0 Å². The van der Waals surface area contributed by atoms with Gasteiger partial charge in [-0.3, -0.25) is 4.79 Å². The van der Waals surface area contributed by atoms with Crippen LogP contribution in [0.25, 0.3) is 0 Å². The zero-order valence-electron chi connectivity index (χ0n) is 12.4. The summed E-state index contributed by atoms with van der Waals surface area (Å²) < 4.78 is 35.8. The van der Waals surface area contributed by atoms with Gasteiger partial charge in [0.2, 0.25) is 0 Å². The molecule has 0 fully saturated rings. The third kappa shape index (κ3) is 3.80. The normalized spacial score (nSPS) is 10.3. The van der Waals surface area contributed by atoms with Gasteiger partial charge >= 0.3 is 5.97 Å². The molecule has 0 aliphatic rings.